The standard InChI is InChI=1S/C10H17N3O2/c1-3-15-10-8(11)4-5-9(13-10)12-6-7(2)14/h4-5,7,14H,3,6,11H2,1-2H3,(H,12,13). The lowest BCUT2D eigenvalue weighted by Gasteiger charge is -2.10. The maximum Gasteiger partial charge on any atom is 0.239 e. The Morgan fingerprint density at radius 2 is 2.33 bits per heavy atom. The maximum absolute atomic E-state index is 9.09. The van der Waals surface area contributed by atoms with Gasteiger partial charge in [0.2, 0.25) is 5.88 Å². The van der Waals surface area contributed by atoms with Gasteiger partial charge in [0.05, 0.1) is 18.4 Å². The summed E-state index contributed by atoms with van der Waals surface area (Å²) in [4.78, 5) is 4.16. The second kappa shape index (κ2) is 5.41. The third-order valence-electron chi connectivity index (χ3n) is 1.75. The molecule has 5 heteroatoms. The topological polar surface area (TPSA) is 80.4 Å². The van der Waals surface area contributed by atoms with Crippen LogP contribution in [0.25, 0.3) is 0 Å². The molecule has 0 saturated heterocycles. The van der Waals surface area contributed by atoms with Crippen molar-refractivity contribution in [2.45, 2.75) is 20.0 Å². The summed E-state index contributed by atoms with van der Waals surface area (Å²) in [6.45, 7) is 4.55. The normalized spacial score (nSPS) is 12.2. The van der Waals surface area contributed by atoms with Crippen LogP contribution in [-0.4, -0.2) is 29.3 Å². The molecule has 5 nitrogen and oxygen atoms in total. The third-order valence-corrected chi connectivity index (χ3v) is 1.75. The minimum atomic E-state index is -0.417. The van der Waals surface area contributed by atoms with Gasteiger partial charge in [0, 0.05) is 6.54 Å². The van der Waals surface area contributed by atoms with Crippen LogP contribution >= 0.6 is 0 Å². The molecule has 0 fully saturated rings. The number of nitrogen functional groups attached to an aromatic ring is 1. The van der Waals surface area contributed by atoms with Gasteiger partial charge in [-0.2, -0.15) is 4.98 Å². The average Bonchev–Trinajstić information content (AvgIpc) is 2.19. The summed E-state index contributed by atoms with van der Waals surface area (Å²) in [6, 6.07) is 3.47. The van der Waals surface area contributed by atoms with Gasteiger partial charge in [-0.05, 0) is 26.0 Å². The minimum Gasteiger partial charge on any atom is -0.476 e. The highest BCUT2D eigenvalue weighted by atomic mass is 16.5. The van der Waals surface area contributed by atoms with Crippen molar-refractivity contribution >= 4 is 11.5 Å². The Hall–Kier alpha value is -1.49. The summed E-state index contributed by atoms with van der Waals surface area (Å²) in [5.74, 6) is 1.07. The molecule has 0 saturated carbocycles. The molecule has 1 aromatic rings. The van der Waals surface area contributed by atoms with Gasteiger partial charge in [-0.1, -0.05) is 0 Å². The van der Waals surface area contributed by atoms with Crippen LogP contribution in [0.2, 0.25) is 0 Å². The van der Waals surface area contributed by atoms with Crippen LogP contribution in [0.3, 0.4) is 0 Å². The second-order valence-corrected chi connectivity index (χ2v) is 3.25. The fourth-order valence-corrected chi connectivity index (χ4v) is 1.05. The summed E-state index contributed by atoms with van der Waals surface area (Å²) in [6.07, 6.45) is -0.417. The lowest BCUT2D eigenvalue weighted by Crippen LogP contribution is -2.16. The summed E-state index contributed by atoms with van der Waals surface area (Å²) in [5, 5.41) is 12.1. The molecule has 0 aliphatic rings. The van der Waals surface area contributed by atoms with Crippen molar-refractivity contribution in [3.8, 4) is 5.88 Å². The van der Waals surface area contributed by atoms with Gasteiger partial charge >= 0.3 is 0 Å². The first kappa shape index (κ1) is 11.6. The highest BCUT2D eigenvalue weighted by Gasteiger charge is 2.04. The number of aliphatic hydroxyl groups is 1. The molecule has 1 unspecified atom stereocenters. The molecule has 0 aromatic carbocycles. The first-order valence-corrected chi connectivity index (χ1v) is 4.94. The SMILES string of the molecule is CCOc1nc(NCC(C)O)ccc1N. The smallest absolute Gasteiger partial charge is 0.239 e. The molecular formula is C10H17N3O2. The molecule has 0 aliphatic carbocycles. The Morgan fingerprint density at radius 1 is 1.60 bits per heavy atom. The van der Waals surface area contributed by atoms with E-state index in [1.807, 2.05) is 6.92 Å². The lowest BCUT2D eigenvalue weighted by molar-refractivity contribution is 0.208. The van der Waals surface area contributed by atoms with Gasteiger partial charge in [-0.3, -0.25) is 0 Å². The van der Waals surface area contributed by atoms with E-state index in [4.69, 9.17) is 15.6 Å². The first-order chi connectivity index (χ1) is 7.13. The van der Waals surface area contributed by atoms with Gasteiger partial charge in [0.15, 0.2) is 0 Å². The number of aromatic nitrogens is 1. The van der Waals surface area contributed by atoms with Gasteiger partial charge in [0.1, 0.15) is 5.82 Å². The number of nitrogens with two attached hydrogens (primary N) is 1. The molecule has 0 bridgehead atoms. The Morgan fingerprint density at radius 3 is 2.93 bits per heavy atom. The van der Waals surface area contributed by atoms with Crippen LogP contribution in [0.1, 0.15) is 13.8 Å². The van der Waals surface area contributed by atoms with E-state index in [1.54, 1.807) is 19.1 Å². The molecule has 1 heterocycles. The zero-order valence-corrected chi connectivity index (χ0v) is 9.03. The second-order valence-electron chi connectivity index (χ2n) is 3.25. The van der Waals surface area contributed by atoms with Crippen LogP contribution < -0.4 is 15.8 Å². The van der Waals surface area contributed by atoms with E-state index in [1.165, 1.54) is 0 Å². The van der Waals surface area contributed by atoms with E-state index in [-0.39, 0.29) is 0 Å². The van der Waals surface area contributed by atoms with E-state index in [0.717, 1.165) is 0 Å². The van der Waals surface area contributed by atoms with E-state index in [0.29, 0.717) is 30.5 Å². The van der Waals surface area contributed by atoms with Crippen molar-refractivity contribution in [3.63, 3.8) is 0 Å². The van der Waals surface area contributed by atoms with Gasteiger partial charge in [-0.15, -0.1) is 0 Å². The molecule has 1 aromatic heterocycles. The quantitative estimate of drug-likeness (QED) is 0.673. The van der Waals surface area contributed by atoms with Crippen LogP contribution in [-0.2, 0) is 0 Å². The molecule has 0 spiro atoms. The highest BCUT2D eigenvalue weighted by Crippen LogP contribution is 2.20. The number of ether oxygens (including phenoxy) is 1. The largest absolute Gasteiger partial charge is 0.476 e. The number of nitrogens with one attached hydrogen (secondary N) is 1. The van der Waals surface area contributed by atoms with Crippen molar-refractivity contribution in [2.75, 3.05) is 24.2 Å². The molecule has 0 radical (unpaired) electrons. The van der Waals surface area contributed by atoms with Crippen molar-refractivity contribution < 1.29 is 9.84 Å². The molecule has 4 N–H and O–H groups in total. The van der Waals surface area contributed by atoms with Crippen LogP contribution in [0.15, 0.2) is 12.1 Å². The number of aliphatic hydroxyl groups excluding tert-OH is 1. The Kier molecular flexibility index (Phi) is 4.17. The number of hydrogen-bond donors (Lipinski definition) is 3. The fraction of sp³-hybridized carbons (Fsp3) is 0.500. The summed E-state index contributed by atoms with van der Waals surface area (Å²) >= 11 is 0. The Labute approximate surface area is 89.3 Å². The van der Waals surface area contributed by atoms with Gasteiger partial charge < -0.3 is 20.9 Å². The molecule has 1 atom stereocenters. The Balaban J connectivity index is 2.69. The molecule has 1 rings (SSSR count). The Bertz CT molecular complexity index is 316. The van der Waals surface area contributed by atoms with Crippen molar-refractivity contribution in [3.05, 3.63) is 12.1 Å². The summed E-state index contributed by atoms with van der Waals surface area (Å²) in [5.41, 5.74) is 6.18. The molecule has 0 amide bonds. The predicted octanol–water partition coefficient (Wildman–Crippen LogP) is 0.855. The molecule has 0 aliphatic heterocycles. The van der Waals surface area contributed by atoms with Crippen LogP contribution in [0.4, 0.5) is 11.5 Å². The van der Waals surface area contributed by atoms with E-state index >= 15 is 0 Å². The zero-order chi connectivity index (χ0) is 11.3. The number of pyridine rings is 1. The lowest BCUT2D eigenvalue weighted by atomic mass is 10.3. The number of rotatable bonds is 5. The summed E-state index contributed by atoms with van der Waals surface area (Å²) in [7, 11) is 0. The van der Waals surface area contributed by atoms with Crippen LogP contribution in [0, 0.1) is 0 Å². The van der Waals surface area contributed by atoms with E-state index in [2.05, 4.69) is 10.3 Å². The van der Waals surface area contributed by atoms with Crippen molar-refractivity contribution in [2.24, 2.45) is 0 Å². The monoisotopic (exact) mass is 211 g/mol. The number of nitrogens with zero attached hydrogens (tertiary/aromatic N) is 1. The highest BCUT2D eigenvalue weighted by molar-refractivity contribution is 5.53. The average molecular weight is 211 g/mol. The number of anilines is 2. The third kappa shape index (κ3) is 3.63. The molecule has 84 valence electrons. The molecule has 15 heavy (non-hydrogen) atoms. The first-order valence-electron chi connectivity index (χ1n) is 4.94. The minimum absolute atomic E-state index is 0.417. The van der Waals surface area contributed by atoms with Gasteiger partial charge in [-0.25, -0.2) is 0 Å². The fourth-order valence-electron chi connectivity index (χ4n) is 1.05. The van der Waals surface area contributed by atoms with Gasteiger partial charge in [0.25, 0.3) is 0 Å². The van der Waals surface area contributed by atoms with Crippen molar-refractivity contribution in [1.82, 2.24) is 4.98 Å². The zero-order valence-electron chi connectivity index (χ0n) is 9.03. The maximum atomic E-state index is 9.09. The predicted molar refractivity (Wildman–Crippen MR) is 60.0 cm³/mol. The number of hydrogen-bond acceptors (Lipinski definition) is 5. The van der Waals surface area contributed by atoms with Crippen LogP contribution in [0.5, 0.6) is 5.88 Å². The summed E-state index contributed by atoms with van der Waals surface area (Å²) < 4.78 is 5.25. The van der Waals surface area contributed by atoms with E-state index in [9.17, 15) is 0 Å². The molecular weight excluding hydrogens is 194 g/mol. The van der Waals surface area contributed by atoms with E-state index < -0.39 is 6.10 Å². The van der Waals surface area contributed by atoms with Crippen molar-refractivity contribution in [1.29, 1.82) is 0 Å².